The van der Waals surface area contributed by atoms with Gasteiger partial charge >= 0.3 is 0 Å². The van der Waals surface area contributed by atoms with E-state index in [1.54, 1.807) is 12.1 Å². The Morgan fingerprint density at radius 3 is 2.52 bits per heavy atom. The fraction of sp³-hybridized carbons (Fsp3) is 0.176. The van der Waals surface area contributed by atoms with Gasteiger partial charge in [-0.1, -0.05) is 45.8 Å². The molecule has 0 N–H and O–H groups in total. The third kappa shape index (κ3) is 4.82. The van der Waals surface area contributed by atoms with E-state index in [0.717, 1.165) is 11.8 Å². The zero-order valence-corrected chi connectivity index (χ0v) is 14.4. The molecule has 2 aromatic rings. The number of nitro groups is 1. The molecule has 0 aliphatic carbocycles. The molecule has 23 heavy (non-hydrogen) atoms. The van der Waals surface area contributed by atoms with Crippen LogP contribution in [-0.2, 0) is 6.61 Å². The van der Waals surface area contributed by atoms with Crippen LogP contribution < -0.4 is 9.47 Å². The van der Waals surface area contributed by atoms with Crippen LogP contribution in [-0.4, -0.2) is 12.0 Å². The van der Waals surface area contributed by atoms with Crippen molar-refractivity contribution in [1.82, 2.24) is 0 Å². The van der Waals surface area contributed by atoms with E-state index < -0.39 is 4.92 Å². The number of benzene rings is 2. The van der Waals surface area contributed by atoms with Crippen LogP contribution in [0, 0.1) is 17.0 Å². The summed E-state index contributed by atoms with van der Waals surface area (Å²) in [5.41, 5.74) is 2.88. The first-order valence-corrected chi connectivity index (χ1v) is 7.66. The molecule has 0 aliphatic heterocycles. The van der Waals surface area contributed by atoms with Crippen LogP contribution >= 0.6 is 15.9 Å². The number of nitrogens with zero attached hydrogens (tertiary/aromatic N) is 1. The summed E-state index contributed by atoms with van der Waals surface area (Å²) in [6, 6.07) is 11.5. The van der Waals surface area contributed by atoms with Crippen LogP contribution in [0.1, 0.15) is 16.7 Å². The predicted octanol–water partition coefficient (Wildman–Crippen LogP) is 4.59. The lowest BCUT2D eigenvalue weighted by Gasteiger charge is -2.13. The van der Waals surface area contributed by atoms with Gasteiger partial charge in [-0.15, -0.1) is 0 Å². The van der Waals surface area contributed by atoms with Gasteiger partial charge in [0, 0.05) is 10.5 Å². The molecule has 0 amide bonds. The third-order valence-electron chi connectivity index (χ3n) is 3.17. The molecule has 5 nitrogen and oxygen atoms in total. The fourth-order valence-electron chi connectivity index (χ4n) is 1.94. The number of hydrogen-bond donors (Lipinski definition) is 0. The number of hydrogen-bond acceptors (Lipinski definition) is 4. The molecule has 0 aromatic heterocycles. The van der Waals surface area contributed by atoms with Gasteiger partial charge in [0.15, 0.2) is 11.5 Å². The zero-order chi connectivity index (χ0) is 16.8. The molecule has 0 saturated carbocycles. The second-order valence-corrected chi connectivity index (χ2v) is 5.75. The topological polar surface area (TPSA) is 61.6 Å². The maximum atomic E-state index is 10.4. The Hall–Kier alpha value is -2.34. The summed E-state index contributed by atoms with van der Waals surface area (Å²) in [5, 5.41) is 10.4. The minimum absolute atomic E-state index is 0.410. The van der Waals surface area contributed by atoms with Crippen molar-refractivity contribution >= 4 is 22.0 Å². The van der Waals surface area contributed by atoms with Gasteiger partial charge in [-0.3, -0.25) is 10.1 Å². The molecule has 6 heteroatoms. The van der Waals surface area contributed by atoms with Crippen LogP contribution in [0.2, 0.25) is 0 Å². The molecule has 0 aliphatic rings. The monoisotopic (exact) mass is 377 g/mol. The van der Waals surface area contributed by atoms with Gasteiger partial charge in [-0.05, 0) is 30.2 Å². The molecule has 2 rings (SSSR count). The summed E-state index contributed by atoms with van der Waals surface area (Å²) in [6.07, 6.45) is 2.28. The summed E-state index contributed by atoms with van der Waals surface area (Å²) in [5.74, 6) is 1.08. The standard InChI is InChI=1S/C17H16BrNO4/c1-12-3-5-13(6-4-12)11-23-17-10-15(18)14(7-8-19(20)21)9-16(17)22-2/h3-10H,11H2,1-2H3. The Balaban J connectivity index is 2.19. The zero-order valence-electron chi connectivity index (χ0n) is 12.8. The Kier molecular flexibility index (Phi) is 5.76. The molecule has 0 atom stereocenters. The minimum atomic E-state index is -0.513. The average molecular weight is 378 g/mol. The number of methoxy groups -OCH3 is 1. The first kappa shape index (κ1) is 17.0. The fourth-order valence-corrected chi connectivity index (χ4v) is 2.39. The van der Waals surface area contributed by atoms with Crippen LogP contribution in [0.4, 0.5) is 0 Å². The van der Waals surface area contributed by atoms with Gasteiger partial charge in [0.2, 0.25) is 6.20 Å². The van der Waals surface area contributed by atoms with Gasteiger partial charge in [0.05, 0.1) is 12.0 Å². The second kappa shape index (κ2) is 7.78. The Labute approximate surface area is 142 Å². The highest BCUT2D eigenvalue weighted by atomic mass is 79.9. The molecule has 0 spiro atoms. The van der Waals surface area contributed by atoms with E-state index in [4.69, 9.17) is 9.47 Å². The number of halogens is 1. The molecule has 0 fully saturated rings. The second-order valence-electron chi connectivity index (χ2n) is 4.90. The highest BCUT2D eigenvalue weighted by Crippen LogP contribution is 2.34. The Bertz CT molecular complexity index is 726. The van der Waals surface area contributed by atoms with Crippen LogP contribution in [0.25, 0.3) is 6.08 Å². The van der Waals surface area contributed by atoms with Gasteiger partial charge in [0.1, 0.15) is 6.61 Å². The maximum Gasteiger partial charge on any atom is 0.235 e. The lowest BCUT2D eigenvalue weighted by molar-refractivity contribution is -0.400. The normalized spacial score (nSPS) is 10.7. The van der Waals surface area contributed by atoms with E-state index in [-0.39, 0.29) is 0 Å². The Morgan fingerprint density at radius 2 is 1.91 bits per heavy atom. The quantitative estimate of drug-likeness (QED) is 0.545. The molecule has 0 saturated heterocycles. The molecule has 120 valence electrons. The summed E-state index contributed by atoms with van der Waals surface area (Å²) in [7, 11) is 1.53. The van der Waals surface area contributed by atoms with Crippen LogP contribution in [0.3, 0.4) is 0 Å². The highest BCUT2D eigenvalue weighted by Gasteiger charge is 2.10. The van der Waals surface area contributed by atoms with Crippen LogP contribution in [0.5, 0.6) is 11.5 Å². The average Bonchev–Trinajstić information content (AvgIpc) is 2.53. The van der Waals surface area contributed by atoms with Crippen molar-refractivity contribution in [3.8, 4) is 11.5 Å². The molecule has 0 heterocycles. The minimum Gasteiger partial charge on any atom is -0.493 e. The molecule has 0 unspecified atom stereocenters. The molecular formula is C17H16BrNO4. The third-order valence-corrected chi connectivity index (χ3v) is 3.86. The van der Waals surface area contributed by atoms with E-state index in [9.17, 15) is 10.1 Å². The van der Waals surface area contributed by atoms with Gasteiger partial charge < -0.3 is 9.47 Å². The summed E-state index contributed by atoms with van der Waals surface area (Å²) >= 11 is 3.39. The number of rotatable bonds is 6. The van der Waals surface area contributed by atoms with E-state index in [1.807, 2.05) is 31.2 Å². The lowest BCUT2D eigenvalue weighted by atomic mass is 10.1. The van der Waals surface area contributed by atoms with E-state index in [2.05, 4.69) is 15.9 Å². The smallest absolute Gasteiger partial charge is 0.235 e. The van der Waals surface area contributed by atoms with E-state index >= 15 is 0 Å². The molecular weight excluding hydrogens is 362 g/mol. The van der Waals surface area contributed by atoms with Crippen LogP contribution in [0.15, 0.2) is 47.1 Å². The Morgan fingerprint density at radius 1 is 1.22 bits per heavy atom. The van der Waals surface area contributed by atoms with Crippen molar-refractivity contribution in [3.05, 3.63) is 73.9 Å². The van der Waals surface area contributed by atoms with Gasteiger partial charge in [0.25, 0.3) is 0 Å². The first-order valence-electron chi connectivity index (χ1n) is 6.87. The summed E-state index contributed by atoms with van der Waals surface area (Å²) < 4.78 is 11.8. The van der Waals surface area contributed by atoms with E-state index in [0.29, 0.717) is 28.1 Å². The highest BCUT2D eigenvalue weighted by molar-refractivity contribution is 9.10. The molecule has 0 bridgehead atoms. The molecule has 2 aromatic carbocycles. The molecule has 0 radical (unpaired) electrons. The summed E-state index contributed by atoms with van der Waals surface area (Å²) in [4.78, 5) is 9.92. The lowest BCUT2D eigenvalue weighted by Crippen LogP contribution is -1.98. The van der Waals surface area contributed by atoms with E-state index in [1.165, 1.54) is 18.7 Å². The predicted molar refractivity (Wildman–Crippen MR) is 92.2 cm³/mol. The van der Waals surface area contributed by atoms with Crippen molar-refractivity contribution in [3.63, 3.8) is 0 Å². The van der Waals surface area contributed by atoms with Gasteiger partial charge in [-0.2, -0.15) is 0 Å². The largest absolute Gasteiger partial charge is 0.493 e. The maximum absolute atomic E-state index is 10.4. The van der Waals surface area contributed by atoms with Gasteiger partial charge in [-0.25, -0.2) is 0 Å². The summed E-state index contributed by atoms with van der Waals surface area (Å²) in [6.45, 7) is 2.44. The SMILES string of the molecule is COc1cc(C=C[N+](=O)[O-])c(Br)cc1OCc1ccc(C)cc1. The van der Waals surface area contributed by atoms with Crippen molar-refractivity contribution in [2.45, 2.75) is 13.5 Å². The number of aryl methyl sites for hydroxylation is 1. The van der Waals surface area contributed by atoms with Crippen molar-refractivity contribution in [2.24, 2.45) is 0 Å². The first-order chi connectivity index (χ1) is 11.0. The number of ether oxygens (including phenoxy) is 2. The van der Waals surface area contributed by atoms with Crippen molar-refractivity contribution in [2.75, 3.05) is 7.11 Å². The van der Waals surface area contributed by atoms with Crippen molar-refractivity contribution in [1.29, 1.82) is 0 Å². The van der Waals surface area contributed by atoms with Crippen molar-refractivity contribution < 1.29 is 14.4 Å².